The minimum Gasteiger partial charge on any atom is -0.657 e. The van der Waals surface area contributed by atoms with Crippen LogP contribution in [0.5, 0.6) is 0 Å². The van der Waals surface area contributed by atoms with Gasteiger partial charge in [0.05, 0.1) is 22.8 Å². The van der Waals surface area contributed by atoms with Gasteiger partial charge in [0.15, 0.2) is 0 Å². The van der Waals surface area contributed by atoms with Crippen molar-refractivity contribution in [1.29, 1.82) is 0 Å². The molecule has 0 amide bonds. The van der Waals surface area contributed by atoms with Crippen LogP contribution in [0, 0.1) is 6.92 Å². The maximum Gasteiger partial charge on any atom is 2.00 e. The Morgan fingerprint density at radius 3 is 1.07 bits per heavy atom. The molecule has 0 saturated heterocycles. The number of allylic oxidation sites excluding steroid dienone is 4. The van der Waals surface area contributed by atoms with Gasteiger partial charge in [-0.2, -0.15) is 0 Å². The predicted octanol–water partition coefficient (Wildman–Crippen LogP) is 9.03. The van der Waals surface area contributed by atoms with E-state index in [4.69, 9.17) is 19.9 Å². The maximum absolute atomic E-state index is 5.24. The van der Waals surface area contributed by atoms with Crippen LogP contribution in [-0.2, 0) is 39.7 Å². The first-order valence-corrected chi connectivity index (χ1v) is 15.0. The molecule has 4 nitrogen and oxygen atoms in total. The summed E-state index contributed by atoms with van der Waals surface area (Å²) in [5.74, 6) is 0. The summed E-state index contributed by atoms with van der Waals surface area (Å²) in [6.45, 7) is 17.8. The molecule has 5 rings (SSSR count). The van der Waals surface area contributed by atoms with Gasteiger partial charge in [0.25, 0.3) is 0 Å². The van der Waals surface area contributed by atoms with Crippen molar-refractivity contribution in [3.8, 4) is 0 Å². The van der Waals surface area contributed by atoms with Gasteiger partial charge >= 0.3 is 20.4 Å². The van der Waals surface area contributed by atoms with Crippen LogP contribution in [0.4, 0.5) is 0 Å². The number of rotatable bonds is 7. The molecule has 40 heavy (non-hydrogen) atoms. The summed E-state index contributed by atoms with van der Waals surface area (Å²) in [6.07, 6.45) is 6.63. The zero-order chi connectivity index (χ0) is 27.8. The number of hydrogen-bond donors (Lipinski definition) is 0. The molecular weight excluding hydrogens is 583 g/mol. The maximum atomic E-state index is 5.24. The number of aromatic nitrogens is 4. The van der Waals surface area contributed by atoms with Gasteiger partial charge in [-0.3, -0.25) is 0 Å². The molecule has 8 bridgehead atoms. The van der Waals surface area contributed by atoms with E-state index in [-0.39, 0.29) is 20.4 Å². The van der Waals surface area contributed by atoms with Crippen molar-refractivity contribution in [3.63, 3.8) is 0 Å². The summed E-state index contributed by atoms with van der Waals surface area (Å²) in [7, 11) is 0. The third-order valence-corrected chi connectivity index (χ3v) is 8.63. The fourth-order valence-corrected chi connectivity index (χ4v) is 6.66. The molecule has 3 aromatic heterocycles. The normalized spacial score (nSPS) is 13.3. The third-order valence-electron chi connectivity index (χ3n) is 8.63. The monoisotopic (exact) mass is 624 g/mol. The molecule has 5 heteroatoms. The summed E-state index contributed by atoms with van der Waals surface area (Å²) in [5, 5.41) is 0. The zero-order valence-corrected chi connectivity index (χ0v) is 26.9. The summed E-state index contributed by atoms with van der Waals surface area (Å²) >= 11 is 0. The van der Waals surface area contributed by atoms with Gasteiger partial charge in [0.1, 0.15) is 0 Å². The van der Waals surface area contributed by atoms with Crippen LogP contribution >= 0.6 is 0 Å². The van der Waals surface area contributed by atoms with E-state index in [0.29, 0.717) is 0 Å². The van der Waals surface area contributed by atoms with Crippen LogP contribution in [0.1, 0.15) is 119 Å². The van der Waals surface area contributed by atoms with Gasteiger partial charge in [-0.1, -0.05) is 95.0 Å². The molecular formula is C35H42N4Pd. The number of nitrogens with zero attached hydrogens (tertiary/aromatic N) is 4. The van der Waals surface area contributed by atoms with Crippen LogP contribution in [0.25, 0.3) is 44.4 Å². The first-order chi connectivity index (χ1) is 18.9. The van der Waals surface area contributed by atoms with Crippen LogP contribution in [-0.4, -0.2) is 9.97 Å². The van der Waals surface area contributed by atoms with E-state index in [1.807, 2.05) is 0 Å². The number of fused-ring (bicyclic) bond motifs is 8. The van der Waals surface area contributed by atoms with Crippen molar-refractivity contribution in [2.24, 2.45) is 0 Å². The van der Waals surface area contributed by atoms with E-state index in [9.17, 15) is 0 Å². The Kier molecular flexibility index (Phi) is 9.38. The molecule has 0 saturated carbocycles. The Morgan fingerprint density at radius 2 is 0.750 bits per heavy atom. The van der Waals surface area contributed by atoms with E-state index in [0.717, 1.165) is 89.8 Å². The molecule has 0 aliphatic carbocycles. The van der Waals surface area contributed by atoms with Crippen molar-refractivity contribution < 1.29 is 20.4 Å². The Hall–Kier alpha value is -2.74. The van der Waals surface area contributed by atoms with Crippen molar-refractivity contribution in [1.82, 2.24) is 19.9 Å². The van der Waals surface area contributed by atoms with Crippen molar-refractivity contribution in [3.05, 3.63) is 69.3 Å². The number of hydrogen-bond acceptors (Lipinski definition) is 2. The van der Waals surface area contributed by atoms with Gasteiger partial charge in [-0.25, -0.2) is 9.97 Å². The third kappa shape index (κ3) is 4.97. The Morgan fingerprint density at radius 1 is 0.450 bits per heavy atom. The molecule has 2 aliphatic rings. The van der Waals surface area contributed by atoms with Gasteiger partial charge < -0.3 is 9.97 Å². The van der Waals surface area contributed by atoms with Crippen molar-refractivity contribution in [2.45, 2.75) is 100 Å². The van der Waals surface area contributed by atoms with E-state index in [1.165, 1.54) is 44.5 Å². The fourth-order valence-electron chi connectivity index (χ4n) is 6.66. The minimum atomic E-state index is 0. The largest absolute Gasteiger partial charge is 2.00 e. The van der Waals surface area contributed by atoms with E-state index in [2.05, 4.69) is 79.7 Å². The second kappa shape index (κ2) is 12.4. The fraction of sp³-hybridized carbons (Fsp3) is 0.429. The van der Waals surface area contributed by atoms with Crippen LogP contribution in [0.3, 0.4) is 0 Å². The molecule has 212 valence electrons. The van der Waals surface area contributed by atoms with Crippen LogP contribution in [0.15, 0.2) is 24.3 Å². The number of aryl methyl sites for hydroxylation is 4. The Balaban J connectivity index is 0.00000370. The molecule has 0 aromatic carbocycles. The standard InChI is InChI=1S/C35H42N4.Pd/c1-9-21-20(8)28-16-30-22(10-2)23(11-3)32(37-30)18-34-26(14-6)27(15-7)35(39-34)19-33-25(13-5)24(12-4)31(38-33)17-29(21)36-28;/h16-19H,9-15H2,1-8H3;/q-2;+2. The molecule has 0 radical (unpaired) electrons. The van der Waals surface area contributed by atoms with Gasteiger partial charge in [0.2, 0.25) is 0 Å². The molecule has 0 fully saturated rings. The second-order valence-corrected chi connectivity index (χ2v) is 10.6. The second-order valence-electron chi connectivity index (χ2n) is 10.6. The SMILES string of the molecule is CCC1=C(CC)c2cc3[n-]c(cc4nc(cc5[n-]c(cc1n2)c(C)c5CC)C(CC)=C4CC)c(CC)c3CC.[Pd+2]. The Labute approximate surface area is 253 Å². The summed E-state index contributed by atoms with van der Waals surface area (Å²) < 4.78 is 0. The first kappa shape index (κ1) is 30.2. The quantitative estimate of drug-likeness (QED) is 0.246. The topological polar surface area (TPSA) is 54.0 Å². The zero-order valence-electron chi connectivity index (χ0n) is 25.4. The molecule has 2 aliphatic heterocycles. The van der Waals surface area contributed by atoms with Gasteiger partial charge in [-0.05, 0) is 74.2 Å². The van der Waals surface area contributed by atoms with E-state index < -0.39 is 0 Å². The summed E-state index contributed by atoms with van der Waals surface area (Å²) in [4.78, 5) is 20.9. The molecule has 0 spiro atoms. The molecule has 0 atom stereocenters. The van der Waals surface area contributed by atoms with Gasteiger partial charge in [-0.15, -0.1) is 22.1 Å². The molecule has 0 unspecified atom stereocenters. The Bertz CT molecular complexity index is 1660. The molecule has 3 aromatic rings. The van der Waals surface area contributed by atoms with E-state index in [1.54, 1.807) is 0 Å². The average molecular weight is 625 g/mol. The molecule has 0 N–H and O–H groups in total. The predicted molar refractivity (Wildman–Crippen MR) is 167 cm³/mol. The van der Waals surface area contributed by atoms with Crippen LogP contribution < -0.4 is 9.97 Å². The smallest absolute Gasteiger partial charge is 0.657 e. The molecule has 5 heterocycles. The van der Waals surface area contributed by atoms with Crippen LogP contribution in [0.2, 0.25) is 0 Å². The summed E-state index contributed by atoms with van der Waals surface area (Å²) in [5.41, 5.74) is 18.9. The van der Waals surface area contributed by atoms with Gasteiger partial charge in [0, 0.05) is 0 Å². The summed E-state index contributed by atoms with van der Waals surface area (Å²) in [6, 6.07) is 8.91. The van der Waals surface area contributed by atoms with E-state index >= 15 is 0 Å². The first-order valence-electron chi connectivity index (χ1n) is 15.0. The minimum absolute atomic E-state index is 0. The average Bonchev–Trinajstić information content (AvgIpc) is 3.64. The van der Waals surface area contributed by atoms with Crippen molar-refractivity contribution >= 4 is 44.4 Å². The van der Waals surface area contributed by atoms with Crippen molar-refractivity contribution in [2.75, 3.05) is 0 Å².